The van der Waals surface area contributed by atoms with Crippen molar-refractivity contribution >= 4 is 27.9 Å². The highest BCUT2D eigenvalue weighted by Gasteiger charge is 2.25. The van der Waals surface area contributed by atoms with Gasteiger partial charge in [-0.1, -0.05) is 12.1 Å². The van der Waals surface area contributed by atoms with E-state index in [-0.39, 0.29) is 22.2 Å². The fourth-order valence-electron chi connectivity index (χ4n) is 4.00. The average molecular weight is 489 g/mol. The number of nitrogens with one attached hydrogen (secondary N) is 1. The Hall–Kier alpha value is -2.74. The van der Waals surface area contributed by atoms with Crippen LogP contribution in [0.4, 0.5) is 5.69 Å². The van der Waals surface area contributed by atoms with Gasteiger partial charge in [-0.25, -0.2) is 8.42 Å². The first kappa shape index (κ1) is 24.9. The number of hydrogen-bond donors (Lipinski definition) is 1. The summed E-state index contributed by atoms with van der Waals surface area (Å²) in [7, 11) is 1.42. The second-order valence-electron chi connectivity index (χ2n) is 7.90. The molecule has 0 saturated heterocycles. The van der Waals surface area contributed by atoms with E-state index >= 15 is 0 Å². The molecule has 33 heavy (non-hydrogen) atoms. The predicted molar refractivity (Wildman–Crippen MR) is 133 cm³/mol. The lowest BCUT2D eigenvalue weighted by atomic mass is 10.0. The van der Waals surface area contributed by atoms with E-state index < -0.39 is 9.84 Å². The summed E-state index contributed by atoms with van der Waals surface area (Å²) in [5, 5.41) is 3.29. The summed E-state index contributed by atoms with van der Waals surface area (Å²) in [4.78, 5) is 2.52. The van der Waals surface area contributed by atoms with Gasteiger partial charge in [0.2, 0.25) is 9.84 Å². The maximum Gasteiger partial charge on any atom is 0.210 e. The van der Waals surface area contributed by atoms with Crippen molar-refractivity contribution in [1.82, 2.24) is 5.32 Å². The van der Waals surface area contributed by atoms with Crippen LogP contribution in [0.5, 0.6) is 11.5 Å². The summed E-state index contributed by atoms with van der Waals surface area (Å²) in [6.45, 7) is 2.22. The molecule has 176 valence electrons. The molecule has 1 N–H and O–H groups in total. The van der Waals surface area contributed by atoms with Gasteiger partial charge in [-0.3, -0.25) is 0 Å². The number of benzene rings is 3. The zero-order valence-corrected chi connectivity index (χ0v) is 20.6. The lowest BCUT2D eigenvalue weighted by molar-refractivity contribution is 0.401. The molecule has 0 aromatic heterocycles. The van der Waals surface area contributed by atoms with E-state index in [1.54, 1.807) is 25.3 Å². The van der Waals surface area contributed by atoms with Crippen molar-refractivity contribution in [3.05, 3.63) is 77.4 Å². The van der Waals surface area contributed by atoms with Crippen molar-refractivity contribution in [3.8, 4) is 11.5 Å². The fourth-order valence-corrected chi connectivity index (χ4v) is 5.45. The first-order valence-electron chi connectivity index (χ1n) is 10.5. The molecule has 0 aliphatic carbocycles. The Bertz CT molecular complexity index is 1210. The van der Waals surface area contributed by atoms with Gasteiger partial charge in [0.25, 0.3) is 0 Å². The normalized spacial score (nSPS) is 12.9. The lowest BCUT2D eigenvalue weighted by Gasteiger charge is -2.21. The number of fused-ring (bicyclic) bond motifs is 1. The molecule has 0 atom stereocenters. The highest BCUT2D eigenvalue weighted by atomic mass is 35.5. The maximum atomic E-state index is 13.4. The molecule has 1 aliphatic heterocycles. The van der Waals surface area contributed by atoms with Crippen LogP contribution in [0.15, 0.2) is 70.5 Å². The summed E-state index contributed by atoms with van der Waals surface area (Å²) in [6.07, 6.45) is 0.861. The Kier molecular flexibility index (Phi) is 7.89. The van der Waals surface area contributed by atoms with Crippen LogP contribution in [0.25, 0.3) is 0 Å². The van der Waals surface area contributed by atoms with Gasteiger partial charge in [-0.2, -0.15) is 0 Å². The van der Waals surface area contributed by atoms with Crippen LogP contribution >= 0.6 is 12.4 Å². The van der Waals surface area contributed by atoms with Gasteiger partial charge in [0.05, 0.1) is 19.1 Å². The number of nitrogens with zero attached hydrogens (tertiary/aromatic N) is 1. The van der Waals surface area contributed by atoms with Crippen molar-refractivity contribution in [1.29, 1.82) is 0 Å². The quantitative estimate of drug-likeness (QED) is 0.536. The van der Waals surface area contributed by atoms with Gasteiger partial charge in [0, 0.05) is 25.8 Å². The molecule has 6 nitrogen and oxygen atoms in total. The summed E-state index contributed by atoms with van der Waals surface area (Å²) < 4.78 is 37.6. The number of rotatable bonds is 7. The molecule has 3 aromatic rings. The molecule has 4 rings (SSSR count). The molecular weight excluding hydrogens is 460 g/mol. The van der Waals surface area contributed by atoms with Crippen molar-refractivity contribution in [2.45, 2.75) is 29.3 Å². The van der Waals surface area contributed by atoms with Gasteiger partial charge >= 0.3 is 0 Å². The minimum Gasteiger partial charge on any atom is -0.497 e. The van der Waals surface area contributed by atoms with E-state index in [9.17, 15) is 8.42 Å². The lowest BCUT2D eigenvalue weighted by Crippen LogP contribution is -2.24. The number of methoxy groups -OCH3 is 2. The molecular formula is C25H29ClN2O4S. The SMILES string of the molecule is COc1cccc(CN(C)c2ccc(S(=O)(=O)c3cc4c(cc3OC)CCNC4)cc2)c1.Cl. The van der Waals surface area contributed by atoms with Crippen LogP contribution in [0.1, 0.15) is 16.7 Å². The van der Waals surface area contributed by atoms with Crippen LogP contribution in [-0.4, -0.2) is 36.2 Å². The van der Waals surface area contributed by atoms with E-state index in [4.69, 9.17) is 9.47 Å². The average Bonchev–Trinajstić information content (AvgIpc) is 2.83. The molecule has 1 heterocycles. The standard InChI is InChI=1S/C25H28N2O4S.ClH/c1-27(17-18-5-4-6-22(13-18)30-2)21-7-9-23(10-8-21)32(28,29)25-15-20-16-26-12-11-19(20)14-24(25)31-3;/h4-10,13-15,26H,11-12,16-17H2,1-3H3;1H. The number of halogens is 1. The van der Waals surface area contributed by atoms with E-state index in [0.717, 1.165) is 41.1 Å². The van der Waals surface area contributed by atoms with Crippen LogP contribution in [-0.2, 0) is 29.3 Å². The van der Waals surface area contributed by atoms with Crippen LogP contribution in [0.3, 0.4) is 0 Å². The van der Waals surface area contributed by atoms with Crippen LogP contribution in [0, 0.1) is 0 Å². The van der Waals surface area contributed by atoms with Gasteiger partial charge in [0.15, 0.2) is 0 Å². The number of hydrogen-bond acceptors (Lipinski definition) is 6. The third-order valence-corrected chi connectivity index (χ3v) is 7.59. The second-order valence-corrected chi connectivity index (χ2v) is 9.82. The number of sulfone groups is 1. The Morgan fingerprint density at radius 1 is 0.970 bits per heavy atom. The summed E-state index contributed by atoms with van der Waals surface area (Å²) in [5.41, 5.74) is 4.17. The minimum atomic E-state index is -3.71. The largest absolute Gasteiger partial charge is 0.497 e. The maximum absolute atomic E-state index is 13.4. The molecule has 0 bridgehead atoms. The van der Waals surface area contributed by atoms with E-state index in [0.29, 0.717) is 18.8 Å². The number of ether oxygens (including phenoxy) is 2. The predicted octanol–water partition coefficient (Wildman–Crippen LogP) is 4.24. The molecule has 0 radical (unpaired) electrons. The Labute approximate surface area is 201 Å². The van der Waals surface area contributed by atoms with Crippen molar-refractivity contribution in [2.75, 3.05) is 32.7 Å². The minimum absolute atomic E-state index is 0. The Morgan fingerprint density at radius 3 is 2.42 bits per heavy atom. The van der Waals surface area contributed by atoms with Crippen molar-refractivity contribution in [2.24, 2.45) is 0 Å². The smallest absolute Gasteiger partial charge is 0.210 e. The molecule has 0 unspecified atom stereocenters. The van der Waals surface area contributed by atoms with Crippen molar-refractivity contribution < 1.29 is 17.9 Å². The zero-order chi connectivity index (χ0) is 22.7. The molecule has 3 aromatic carbocycles. The fraction of sp³-hybridized carbons (Fsp3) is 0.280. The first-order chi connectivity index (χ1) is 15.4. The topological polar surface area (TPSA) is 67.9 Å². The summed E-state index contributed by atoms with van der Waals surface area (Å²) in [6, 6.07) is 18.5. The van der Waals surface area contributed by atoms with E-state index in [2.05, 4.69) is 10.2 Å². The molecule has 0 fully saturated rings. The molecule has 0 saturated carbocycles. The van der Waals surface area contributed by atoms with Gasteiger partial charge in [-0.15, -0.1) is 12.4 Å². The second kappa shape index (κ2) is 10.5. The highest BCUT2D eigenvalue weighted by molar-refractivity contribution is 7.91. The van der Waals surface area contributed by atoms with Crippen LogP contribution in [0.2, 0.25) is 0 Å². The van der Waals surface area contributed by atoms with Crippen LogP contribution < -0.4 is 19.7 Å². The monoisotopic (exact) mass is 488 g/mol. The van der Waals surface area contributed by atoms with E-state index in [1.165, 1.54) is 7.11 Å². The van der Waals surface area contributed by atoms with Gasteiger partial charge < -0.3 is 19.7 Å². The molecule has 0 spiro atoms. The van der Waals surface area contributed by atoms with Gasteiger partial charge in [-0.05, 0) is 78.2 Å². The van der Waals surface area contributed by atoms with Gasteiger partial charge in [0.1, 0.15) is 16.4 Å². The highest BCUT2D eigenvalue weighted by Crippen LogP contribution is 2.34. The zero-order valence-electron chi connectivity index (χ0n) is 19.0. The number of anilines is 1. The Morgan fingerprint density at radius 2 is 1.73 bits per heavy atom. The first-order valence-corrected chi connectivity index (χ1v) is 12.0. The molecule has 8 heteroatoms. The van der Waals surface area contributed by atoms with Crippen molar-refractivity contribution in [3.63, 3.8) is 0 Å². The third-order valence-electron chi connectivity index (χ3n) is 5.80. The Balaban J connectivity index is 0.00000306. The molecule has 0 amide bonds. The van der Waals surface area contributed by atoms with E-state index in [1.807, 2.05) is 49.5 Å². The molecule has 1 aliphatic rings. The third kappa shape index (κ3) is 5.27. The summed E-state index contributed by atoms with van der Waals surface area (Å²) in [5.74, 6) is 1.21. The summed E-state index contributed by atoms with van der Waals surface area (Å²) >= 11 is 0.